The van der Waals surface area contributed by atoms with E-state index in [0.717, 1.165) is 0 Å². The highest BCUT2D eigenvalue weighted by molar-refractivity contribution is 5.91. The Bertz CT molecular complexity index is 342. The van der Waals surface area contributed by atoms with E-state index in [1.165, 1.54) is 0 Å². The summed E-state index contributed by atoms with van der Waals surface area (Å²) in [6, 6.07) is 0. The third kappa shape index (κ3) is 3.38. The van der Waals surface area contributed by atoms with Crippen molar-refractivity contribution in [3.63, 3.8) is 0 Å². The zero-order valence-corrected chi connectivity index (χ0v) is 10.5. The minimum Gasteiger partial charge on any atom is -0.392 e. The van der Waals surface area contributed by atoms with Gasteiger partial charge in [0.2, 0.25) is 0 Å². The van der Waals surface area contributed by atoms with E-state index >= 15 is 0 Å². The molecule has 0 unspecified atom stereocenters. The number of rotatable bonds is 2. The predicted octanol–water partition coefficient (Wildman–Crippen LogP) is 3.23. The lowest BCUT2D eigenvalue weighted by Crippen LogP contribution is -2.46. The Kier molecular flexibility index (Phi) is 4.36. The molecule has 9 heteroatoms. The Morgan fingerprint density at radius 3 is 1.05 bits per heavy atom. The molecule has 0 bridgehead atoms. The average Bonchev–Trinajstić information content (AvgIpc) is 2.13. The number of halogens is 6. The monoisotopic (exact) mass is 294 g/mol. The van der Waals surface area contributed by atoms with Crippen LogP contribution in [0.5, 0.6) is 0 Å². The van der Waals surface area contributed by atoms with Gasteiger partial charge in [0.25, 0.3) is 0 Å². The molecule has 0 rings (SSSR count). The molecular weight excluding hydrogens is 282 g/mol. The molecule has 0 fully saturated rings. The van der Waals surface area contributed by atoms with Crippen LogP contribution in [0.4, 0.5) is 26.3 Å². The topological polar surface area (TPSA) is 43.4 Å². The Balaban J connectivity index is 5.11. The third-order valence-electron chi connectivity index (χ3n) is 2.62. The second-order valence-electron chi connectivity index (χ2n) is 4.92. The average molecular weight is 294 g/mol. The first kappa shape index (κ1) is 17.7. The lowest BCUT2D eigenvalue weighted by molar-refractivity contribution is -0.237. The first-order valence-corrected chi connectivity index (χ1v) is 4.95. The SMILES string of the molecule is CC(C)(C(=O)OC(=O)C(C)(C)C(F)(F)F)C(F)(F)F. The number of hydrogen-bond acceptors (Lipinski definition) is 3. The molecule has 0 saturated carbocycles. The minimum absolute atomic E-state index is 0.406. The first-order valence-electron chi connectivity index (χ1n) is 4.95. The van der Waals surface area contributed by atoms with Gasteiger partial charge >= 0.3 is 24.3 Å². The van der Waals surface area contributed by atoms with Crippen LogP contribution in [0.3, 0.4) is 0 Å². The Morgan fingerprint density at radius 2 is 0.895 bits per heavy atom. The lowest BCUT2D eigenvalue weighted by Gasteiger charge is -2.28. The molecule has 0 aliphatic carbocycles. The molecule has 0 aromatic carbocycles. The van der Waals surface area contributed by atoms with Crippen molar-refractivity contribution in [3.05, 3.63) is 0 Å². The van der Waals surface area contributed by atoms with Gasteiger partial charge in [0.05, 0.1) is 0 Å². The summed E-state index contributed by atoms with van der Waals surface area (Å²) < 4.78 is 78.3. The second-order valence-corrected chi connectivity index (χ2v) is 4.92. The summed E-state index contributed by atoms with van der Waals surface area (Å²) in [5.74, 6) is -4.16. The van der Waals surface area contributed by atoms with E-state index in [-0.39, 0.29) is 0 Å². The molecule has 0 aromatic heterocycles. The summed E-state index contributed by atoms with van der Waals surface area (Å²) in [7, 11) is 0. The van der Waals surface area contributed by atoms with E-state index in [0.29, 0.717) is 27.7 Å². The van der Waals surface area contributed by atoms with Crippen LogP contribution >= 0.6 is 0 Å². The molecule has 0 amide bonds. The highest BCUT2D eigenvalue weighted by Gasteiger charge is 2.58. The zero-order chi connectivity index (χ0) is 15.9. The number of hydrogen-bond donors (Lipinski definition) is 0. The van der Waals surface area contributed by atoms with E-state index in [9.17, 15) is 35.9 Å². The maximum absolute atomic E-state index is 12.4. The van der Waals surface area contributed by atoms with Crippen LogP contribution in [-0.2, 0) is 14.3 Å². The third-order valence-corrected chi connectivity index (χ3v) is 2.62. The van der Waals surface area contributed by atoms with Crippen molar-refractivity contribution in [2.75, 3.05) is 0 Å². The van der Waals surface area contributed by atoms with E-state index in [1.807, 2.05) is 0 Å². The second kappa shape index (κ2) is 4.68. The van der Waals surface area contributed by atoms with Crippen LogP contribution in [0, 0.1) is 10.8 Å². The maximum atomic E-state index is 12.4. The van der Waals surface area contributed by atoms with Gasteiger partial charge in [-0.25, -0.2) is 0 Å². The van der Waals surface area contributed by atoms with E-state index in [1.54, 1.807) is 0 Å². The molecular formula is C10H12F6O3. The van der Waals surface area contributed by atoms with Gasteiger partial charge < -0.3 is 4.74 Å². The van der Waals surface area contributed by atoms with E-state index in [4.69, 9.17) is 0 Å². The summed E-state index contributed by atoms with van der Waals surface area (Å²) in [6.45, 7) is 1.62. The molecule has 0 aliphatic heterocycles. The van der Waals surface area contributed by atoms with Crippen LogP contribution in [0.15, 0.2) is 0 Å². The van der Waals surface area contributed by atoms with Crippen LogP contribution in [0.1, 0.15) is 27.7 Å². The van der Waals surface area contributed by atoms with Gasteiger partial charge in [-0.3, -0.25) is 9.59 Å². The van der Waals surface area contributed by atoms with Crippen LogP contribution in [0.25, 0.3) is 0 Å². The van der Waals surface area contributed by atoms with Crippen molar-refractivity contribution < 1.29 is 40.7 Å². The highest BCUT2D eigenvalue weighted by atomic mass is 19.4. The fourth-order valence-corrected chi connectivity index (χ4v) is 0.571. The number of alkyl halides is 6. The summed E-state index contributed by atoms with van der Waals surface area (Å²) in [6.07, 6.45) is -10.1. The Hall–Kier alpha value is -1.28. The van der Waals surface area contributed by atoms with Gasteiger partial charge in [0, 0.05) is 0 Å². The Labute approximate surface area is 104 Å². The molecule has 0 atom stereocenters. The molecule has 0 saturated heterocycles. The predicted molar refractivity (Wildman–Crippen MR) is 50.8 cm³/mol. The summed E-state index contributed by atoms with van der Waals surface area (Å²) in [4.78, 5) is 22.3. The zero-order valence-electron chi connectivity index (χ0n) is 10.5. The molecule has 112 valence electrons. The minimum atomic E-state index is -5.05. The van der Waals surface area contributed by atoms with Gasteiger partial charge in [-0.05, 0) is 27.7 Å². The van der Waals surface area contributed by atoms with Crippen LogP contribution in [-0.4, -0.2) is 24.3 Å². The van der Waals surface area contributed by atoms with Gasteiger partial charge in [0.15, 0.2) is 10.8 Å². The quantitative estimate of drug-likeness (QED) is 0.446. The van der Waals surface area contributed by atoms with E-state index in [2.05, 4.69) is 4.74 Å². The molecule has 0 N–H and O–H groups in total. The fourth-order valence-electron chi connectivity index (χ4n) is 0.571. The molecule has 0 aliphatic rings. The van der Waals surface area contributed by atoms with Crippen molar-refractivity contribution in [2.45, 2.75) is 40.0 Å². The number of ether oxygens (including phenoxy) is 1. The van der Waals surface area contributed by atoms with Crippen LogP contribution < -0.4 is 0 Å². The fraction of sp³-hybridized carbons (Fsp3) is 0.800. The summed E-state index contributed by atoms with van der Waals surface area (Å²) >= 11 is 0. The van der Waals surface area contributed by atoms with Gasteiger partial charge in [-0.15, -0.1) is 0 Å². The number of esters is 2. The Morgan fingerprint density at radius 1 is 0.684 bits per heavy atom. The maximum Gasteiger partial charge on any atom is 0.404 e. The molecule has 19 heavy (non-hydrogen) atoms. The standard InChI is InChI=1S/C10H12F6O3/c1-7(2,9(11,12)13)5(17)19-6(18)8(3,4)10(14,15)16/h1-4H3. The molecule has 0 aromatic rings. The summed E-state index contributed by atoms with van der Waals surface area (Å²) in [5, 5.41) is 0. The summed E-state index contributed by atoms with van der Waals surface area (Å²) in [5.41, 5.74) is -6.16. The van der Waals surface area contributed by atoms with Gasteiger partial charge in [0.1, 0.15) is 0 Å². The molecule has 3 nitrogen and oxygen atoms in total. The van der Waals surface area contributed by atoms with Crippen molar-refractivity contribution in [1.82, 2.24) is 0 Å². The van der Waals surface area contributed by atoms with E-state index < -0.39 is 35.1 Å². The van der Waals surface area contributed by atoms with Gasteiger partial charge in [-0.2, -0.15) is 26.3 Å². The highest BCUT2D eigenvalue weighted by Crippen LogP contribution is 2.41. The first-order chi connectivity index (χ1) is 8.05. The smallest absolute Gasteiger partial charge is 0.392 e. The van der Waals surface area contributed by atoms with Crippen molar-refractivity contribution in [3.8, 4) is 0 Å². The molecule has 0 spiro atoms. The normalized spacial score (nSPS) is 14.2. The van der Waals surface area contributed by atoms with Crippen molar-refractivity contribution in [1.29, 1.82) is 0 Å². The molecule has 0 radical (unpaired) electrons. The van der Waals surface area contributed by atoms with Crippen molar-refractivity contribution >= 4 is 11.9 Å². The lowest BCUT2D eigenvalue weighted by atomic mass is 9.91. The van der Waals surface area contributed by atoms with Crippen LogP contribution in [0.2, 0.25) is 0 Å². The van der Waals surface area contributed by atoms with Gasteiger partial charge in [-0.1, -0.05) is 0 Å². The molecule has 0 heterocycles. The van der Waals surface area contributed by atoms with Crippen molar-refractivity contribution in [2.24, 2.45) is 10.8 Å². The number of carbonyl (C=O) groups is 2. The largest absolute Gasteiger partial charge is 0.404 e. The number of carbonyl (C=O) groups excluding carboxylic acids is 2.